The van der Waals surface area contributed by atoms with Crippen molar-refractivity contribution >= 4 is 28.2 Å². The monoisotopic (exact) mass is 497 g/mol. The van der Waals surface area contributed by atoms with Crippen LogP contribution in [-0.2, 0) is 11.0 Å². The Morgan fingerprint density at radius 2 is 1.91 bits per heavy atom. The van der Waals surface area contributed by atoms with Crippen molar-refractivity contribution in [3.8, 4) is 11.3 Å². The molecule has 34 heavy (non-hydrogen) atoms. The van der Waals surface area contributed by atoms with E-state index in [1.54, 1.807) is 0 Å². The molecule has 0 bridgehead atoms. The van der Waals surface area contributed by atoms with Gasteiger partial charge in [0.05, 0.1) is 17.8 Å². The standard InChI is InChI=1S/C22H20F5N5OS/c23-15-3-4-17(24)16(10-15)18-13-34-21(29-18)30-20(33)12-31-6-1-7-32(9-8-31)19-5-2-14(11-28-19)22(25,26)27/h2-5,10-11,13H,1,6-9,12H2,(H,29,30,33). The van der Waals surface area contributed by atoms with Crippen molar-refractivity contribution in [1.29, 1.82) is 0 Å². The summed E-state index contributed by atoms with van der Waals surface area (Å²) in [4.78, 5) is 24.4. The average Bonchev–Trinajstić information content (AvgIpc) is 3.12. The minimum atomic E-state index is -4.43. The first-order valence-corrected chi connectivity index (χ1v) is 11.3. The molecule has 0 radical (unpaired) electrons. The number of benzene rings is 1. The summed E-state index contributed by atoms with van der Waals surface area (Å²) in [5.74, 6) is -1.04. The molecule has 1 fully saturated rings. The molecule has 0 spiro atoms. The third kappa shape index (κ3) is 5.86. The Kier molecular flexibility index (Phi) is 7.08. The molecule has 1 aromatic carbocycles. The Labute approximate surface area is 196 Å². The van der Waals surface area contributed by atoms with Gasteiger partial charge in [0.15, 0.2) is 5.13 Å². The molecule has 1 saturated heterocycles. The molecule has 3 heterocycles. The number of pyridine rings is 1. The zero-order chi connectivity index (χ0) is 24.3. The molecule has 1 aliphatic rings. The molecule has 0 unspecified atom stereocenters. The lowest BCUT2D eigenvalue weighted by molar-refractivity contribution is -0.137. The van der Waals surface area contributed by atoms with E-state index in [2.05, 4.69) is 15.3 Å². The Morgan fingerprint density at radius 1 is 1.09 bits per heavy atom. The number of nitrogens with one attached hydrogen (secondary N) is 1. The lowest BCUT2D eigenvalue weighted by atomic mass is 10.1. The lowest BCUT2D eigenvalue weighted by Gasteiger charge is -2.22. The van der Waals surface area contributed by atoms with Crippen LogP contribution in [0.2, 0.25) is 0 Å². The van der Waals surface area contributed by atoms with Crippen molar-refractivity contribution in [1.82, 2.24) is 14.9 Å². The van der Waals surface area contributed by atoms with Crippen molar-refractivity contribution in [3.05, 3.63) is 59.1 Å². The highest BCUT2D eigenvalue weighted by Gasteiger charge is 2.31. The van der Waals surface area contributed by atoms with Crippen LogP contribution in [0.4, 0.5) is 32.9 Å². The van der Waals surface area contributed by atoms with Gasteiger partial charge in [0, 0.05) is 43.3 Å². The molecule has 6 nitrogen and oxygen atoms in total. The maximum Gasteiger partial charge on any atom is 0.417 e. The van der Waals surface area contributed by atoms with Gasteiger partial charge in [-0.05, 0) is 36.8 Å². The maximum atomic E-state index is 13.9. The lowest BCUT2D eigenvalue weighted by Crippen LogP contribution is -2.36. The van der Waals surface area contributed by atoms with Gasteiger partial charge in [0.2, 0.25) is 5.91 Å². The van der Waals surface area contributed by atoms with Crippen LogP contribution in [0.15, 0.2) is 41.9 Å². The maximum absolute atomic E-state index is 13.9. The van der Waals surface area contributed by atoms with E-state index in [0.29, 0.717) is 38.4 Å². The number of aromatic nitrogens is 2. The van der Waals surface area contributed by atoms with Gasteiger partial charge in [0.1, 0.15) is 17.5 Å². The molecule has 2 aromatic heterocycles. The Bertz CT molecular complexity index is 1150. The predicted molar refractivity (Wildman–Crippen MR) is 119 cm³/mol. The largest absolute Gasteiger partial charge is 0.417 e. The number of carbonyl (C=O) groups is 1. The molecular weight excluding hydrogens is 477 g/mol. The zero-order valence-electron chi connectivity index (χ0n) is 17.8. The highest BCUT2D eigenvalue weighted by molar-refractivity contribution is 7.14. The van der Waals surface area contributed by atoms with Crippen molar-refractivity contribution < 1.29 is 26.7 Å². The van der Waals surface area contributed by atoms with Crippen molar-refractivity contribution in [2.45, 2.75) is 12.6 Å². The van der Waals surface area contributed by atoms with Crippen LogP contribution in [0.1, 0.15) is 12.0 Å². The molecule has 180 valence electrons. The van der Waals surface area contributed by atoms with Gasteiger partial charge in [-0.3, -0.25) is 9.69 Å². The Morgan fingerprint density at radius 3 is 2.65 bits per heavy atom. The summed E-state index contributed by atoms with van der Waals surface area (Å²) in [6.45, 7) is 2.35. The fourth-order valence-corrected chi connectivity index (χ4v) is 4.34. The van der Waals surface area contributed by atoms with Crippen LogP contribution in [0.3, 0.4) is 0 Å². The summed E-state index contributed by atoms with van der Waals surface area (Å²) < 4.78 is 65.6. The van der Waals surface area contributed by atoms with E-state index in [9.17, 15) is 26.7 Å². The van der Waals surface area contributed by atoms with Crippen LogP contribution in [-0.4, -0.2) is 53.5 Å². The van der Waals surface area contributed by atoms with Gasteiger partial charge >= 0.3 is 6.18 Å². The highest BCUT2D eigenvalue weighted by atomic mass is 32.1. The van der Waals surface area contributed by atoms with E-state index in [4.69, 9.17) is 0 Å². The Balaban J connectivity index is 1.31. The second-order valence-corrected chi connectivity index (χ2v) is 8.59. The molecule has 0 saturated carbocycles. The number of rotatable bonds is 5. The summed E-state index contributed by atoms with van der Waals surface area (Å²) in [7, 11) is 0. The van der Waals surface area contributed by atoms with Gasteiger partial charge in [-0.2, -0.15) is 13.2 Å². The molecule has 0 atom stereocenters. The first-order chi connectivity index (χ1) is 16.2. The number of carbonyl (C=O) groups excluding carboxylic acids is 1. The first kappa shape index (κ1) is 24.0. The summed E-state index contributed by atoms with van der Waals surface area (Å²) in [5, 5.41) is 4.48. The number of thiazole rings is 1. The van der Waals surface area contributed by atoms with E-state index < -0.39 is 23.4 Å². The van der Waals surface area contributed by atoms with Crippen molar-refractivity contribution in [2.24, 2.45) is 0 Å². The SMILES string of the molecule is O=C(CN1CCCN(c2ccc(C(F)(F)F)cn2)CC1)Nc1nc(-c2cc(F)ccc2F)cs1. The van der Waals surface area contributed by atoms with E-state index in [0.717, 1.165) is 41.8 Å². The van der Waals surface area contributed by atoms with Crippen LogP contribution in [0.25, 0.3) is 11.3 Å². The topological polar surface area (TPSA) is 61.4 Å². The quantitative estimate of drug-likeness (QED) is 0.520. The van der Waals surface area contributed by atoms with Gasteiger partial charge in [0.25, 0.3) is 0 Å². The number of alkyl halides is 3. The third-order valence-corrected chi connectivity index (χ3v) is 6.07. The normalized spacial score (nSPS) is 15.3. The summed E-state index contributed by atoms with van der Waals surface area (Å²) in [6, 6.07) is 5.45. The van der Waals surface area contributed by atoms with Crippen LogP contribution in [0, 0.1) is 11.6 Å². The molecule has 1 amide bonds. The van der Waals surface area contributed by atoms with Crippen LogP contribution in [0.5, 0.6) is 0 Å². The van der Waals surface area contributed by atoms with Crippen molar-refractivity contribution in [3.63, 3.8) is 0 Å². The van der Waals surface area contributed by atoms with E-state index in [1.165, 1.54) is 11.4 Å². The fourth-order valence-electron chi connectivity index (χ4n) is 3.61. The van der Waals surface area contributed by atoms with Gasteiger partial charge in [-0.15, -0.1) is 11.3 Å². The molecule has 4 rings (SSSR count). The molecule has 0 aliphatic carbocycles. The first-order valence-electron chi connectivity index (χ1n) is 10.4. The van der Waals surface area contributed by atoms with Crippen LogP contribution < -0.4 is 10.2 Å². The van der Waals surface area contributed by atoms with Crippen molar-refractivity contribution in [2.75, 3.05) is 42.9 Å². The number of amides is 1. The van der Waals surface area contributed by atoms with E-state index in [-0.39, 0.29) is 28.8 Å². The molecule has 1 aliphatic heterocycles. The Hall–Kier alpha value is -3.12. The number of anilines is 2. The molecular formula is C22H20F5N5OS. The fraction of sp³-hybridized carbons (Fsp3) is 0.318. The molecule has 3 aromatic rings. The summed E-state index contributed by atoms with van der Waals surface area (Å²) in [6.07, 6.45) is -2.90. The van der Waals surface area contributed by atoms with Gasteiger partial charge < -0.3 is 10.2 Å². The number of nitrogens with zero attached hydrogens (tertiary/aromatic N) is 4. The number of hydrogen-bond acceptors (Lipinski definition) is 6. The van der Waals surface area contributed by atoms with Gasteiger partial charge in [-0.1, -0.05) is 0 Å². The minimum absolute atomic E-state index is 0.0150. The second kappa shape index (κ2) is 10.0. The highest BCUT2D eigenvalue weighted by Crippen LogP contribution is 2.30. The number of halogens is 5. The average molecular weight is 497 g/mol. The zero-order valence-corrected chi connectivity index (χ0v) is 18.6. The summed E-state index contributed by atoms with van der Waals surface area (Å²) >= 11 is 1.11. The molecule has 12 heteroatoms. The molecule has 1 N–H and O–H groups in total. The van der Waals surface area contributed by atoms with Crippen LogP contribution >= 0.6 is 11.3 Å². The van der Waals surface area contributed by atoms with E-state index in [1.807, 2.05) is 9.80 Å². The second-order valence-electron chi connectivity index (χ2n) is 7.73. The predicted octanol–water partition coefficient (Wildman–Crippen LogP) is 4.65. The number of hydrogen-bond donors (Lipinski definition) is 1. The van der Waals surface area contributed by atoms with E-state index >= 15 is 0 Å². The smallest absolute Gasteiger partial charge is 0.355 e. The minimum Gasteiger partial charge on any atom is -0.355 e. The third-order valence-electron chi connectivity index (χ3n) is 5.31. The van der Waals surface area contributed by atoms with Gasteiger partial charge in [-0.25, -0.2) is 18.7 Å². The summed E-state index contributed by atoms with van der Waals surface area (Å²) in [5.41, 5.74) is -0.553.